The maximum atomic E-state index is 13.9. The van der Waals surface area contributed by atoms with Crippen molar-refractivity contribution in [3.8, 4) is 11.8 Å². The Morgan fingerprint density at radius 2 is 1.80 bits per heavy atom. The first-order valence-electron chi connectivity index (χ1n) is 21.5. The Morgan fingerprint density at radius 1 is 1.00 bits per heavy atom. The van der Waals surface area contributed by atoms with E-state index in [1.165, 1.54) is 37.3 Å². The molecule has 2 bridgehead atoms. The third-order valence-corrected chi connectivity index (χ3v) is 15.2. The average Bonchev–Trinajstić information content (AvgIpc) is 3.82. The number of carbonyl (C=O) groups excluding carboxylic acids is 2. The van der Waals surface area contributed by atoms with Gasteiger partial charge in [0.25, 0.3) is 0 Å². The second-order valence-electron chi connectivity index (χ2n) is 18.6. The van der Waals surface area contributed by atoms with Crippen LogP contribution in [-0.2, 0) is 25.5 Å². The first-order chi connectivity index (χ1) is 25.9. The van der Waals surface area contributed by atoms with Crippen molar-refractivity contribution in [3.05, 3.63) is 47.5 Å². The Kier molecular flexibility index (Phi) is 13.1. The van der Waals surface area contributed by atoms with Gasteiger partial charge in [-0.05, 0) is 105 Å². The summed E-state index contributed by atoms with van der Waals surface area (Å²) in [5.41, 5.74) is -2.45. The van der Waals surface area contributed by atoms with Gasteiger partial charge in [-0.2, -0.15) is 0 Å². The molecule has 3 N–H and O–H groups in total. The molecule has 5 aliphatic rings. The van der Waals surface area contributed by atoms with E-state index in [0.29, 0.717) is 49.9 Å². The van der Waals surface area contributed by atoms with E-state index in [1.807, 2.05) is 13.0 Å². The summed E-state index contributed by atoms with van der Waals surface area (Å²) in [5, 5.41) is 39.8. The summed E-state index contributed by atoms with van der Waals surface area (Å²) < 4.78 is 11.8. The number of hydrogen-bond donors (Lipinski definition) is 3. The lowest BCUT2D eigenvalue weighted by atomic mass is 9.35. The number of ether oxygens (including phenoxy) is 2. The van der Waals surface area contributed by atoms with Crippen molar-refractivity contribution in [2.24, 2.45) is 39.9 Å². The predicted octanol–water partition coefficient (Wildman–Crippen LogP) is 8.66. The summed E-state index contributed by atoms with van der Waals surface area (Å²) in [4.78, 5) is 25.7. The van der Waals surface area contributed by atoms with Crippen LogP contribution in [-0.4, -0.2) is 57.8 Å². The molecule has 3 fully saturated rings. The van der Waals surface area contributed by atoms with E-state index < -0.39 is 46.1 Å². The Bertz CT molecular complexity index is 1540. The zero-order valence-electron chi connectivity index (χ0n) is 33.6. The van der Waals surface area contributed by atoms with Gasteiger partial charge in [0.15, 0.2) is 0 Å². The molecule has 11 atom stereocenters. The largest absolute Gasteiger partial charge is 0.462 e. The number of benzene rings is 1. The Morgan fingerprint density at radius 3 is 2.54 bits per heavy atom. The van der Waals surface area contributed by atoms with Crippen molar-refractivity contribution in [2.75, 3.05) is 6.61 Å². The highest BCUT2D eigenvalue weighted by Gasteiger charge is 2.77. The number of carbonyl (C=O) groups is 2. The van der Waals surface area contributed by atoms with Crippen molar-refractivity contribution in [1.82, 2.24) is 0 Å². The summed E-state index contributed by atoms with van der Waals surface area (Å²) in [6.07, 6.45) is 13.8. The summed E-state index contributed by atoms with van der Waals surface area (Å²) >= 11 is 0. The van der Waals surface area contributed by atoms with Crippen LogP contribution in [0.25, 0.3) is 0 Å². The fourth-order valence-corrected chi connectivity index (χ4v) is 12.2. The molecule has 0 spiro atoms. The SMILES string of the molecule is CCCCCC1CCC(C2(C)CCC(O)C3(C(O)CCC(C)CCCc4ccccc4)C2C2CC(C)(C#CCCC(=O)O2)C3(O)CCC2=CC(=O)OC2)C1. The Balaban J connectivity index is 1.40. The van der Waals surface area contributed by atoms with Crippen LogP contribution in [0.2, 0.25) is 0 Å². The van der Waals surface area contributed by atoms with Crippen LogP contribution < -0.4 is 0 Å². The van der Waals surface area contributed by atoms with Gasteiger partial charge in [-0.15, -0.1) is 5.92 Å². The number of aryl methyl sites for hydroxylation is 1. The van der Waals surface area contributed by atoms with Crippen molar-refractivity contribution in [1.29, 1.82) is 0 Å². The molecule has 7 nitrogen and oxygen atoms in total. The number of esters is 2. The van der Waals surface area contributed by atoms with Gasteiger partial charge in [0, 0.05) is 24.8 Å². The van der Waals surface area contributed by atoms with E-state index in [0.717, 1.165) is 56.9 Å². The Hall–Kier alpha value is -2.66. The van der Waals surface area contributed by atoms with E-state index in [1.54, 1.807) is 0 Å². The minimum absolute atomic E-state index is 0.176. The topological polar surface area (TPSA) is 113 Å². The summed E-state index contributed by atoms with van der Waals surface area (Å²) in [6.45, 7) is 8.96. The minimum atomic E-state index is -1.66. The highest BCUT2D eigenvalue weighted by atomic mass is 16.5. The van der Waals surface area contributed by atoms with Crippen molar-refractivity contribution in [2.45, 2.75) is 174 Å². The summed E-state index contributed by atoms with van der Waals surface area (Å²) in [6, 6.07) is 10.5. The lowest BCUT2D eigenvalue weighted by molar-refractivity contribution is -0.337. The number of cyclic esters (lactones) is 1. The van der Waals surface area contributed by atoms with Gasteiger partial charge in [-0.3, -0.25) is 4.79 Å². The van der Waals surface area contributed by atoms with Crippen LogP contribution in [0.15, 0.2) is 42.0 Å². The highest BCUT2D eigenvalue weighted by Crippen LogP contribution is 2.72. The van der Waals surface area contributed by atoms with Crippen LogP contribution in [0.4, 0.5) is 0 Å². The third kappa shape index (κ3) is 7.96. The molecule has 3 saturated carbocycles. The molecule has 0 saturated heterocycles. The van der Waals surface area contributed by atoms with Crippen molar-refractivity contribution < 1.29 is 34.4 Å². The third-order valence-electron chi connectivity index (χ3n) is 15.2. The first-order valence-corrected chi connectivity index (χ1v) is 21.5. The number of hydrogen-bond acceptors (Lipinski definition) is 7. The molecular weight excluding hydrogens is 677 g/mol. The molecule has 0 amide bonds. The number of aliphatic hydroxyl groups excluding tert-OH is 2. The lowest BCUT2D eigenvalue weighted by Gasteiger charge is -2.71. The van der Waals surface area contributed by atoms with Crippen LogP contribution in [0.5, 0.6) is 0 Å². The zero-order valence-corrected chi connectivity index (χ0v) is 33.6. The second kappa shape index (κ2) is 17.2. The molecule has 0 aromatic heterocycles. The van der Waals surface area contributed by atoms with E-state index in [-0.39, 0.29) is 31.4 Å². The average molecular weight is 745 g/mol. The van der Waals surface area contributed by atoms with Crippen LogP contribution >= 0.6 is 0 Å². The molecule has 11 unspecified atom stereocenters. The smallest absolute Gasteiger partial charge is 0.331 e. The number of rotatable bonds is 16. The van der Waals surface area contributed by atoms with Gasteiger partial charge < -0.3 is 24.8 Å². The van der Waals surface area contributed by atoms with Gasteiger partial charge in [0.05, 0.1) is 35.1 Å². The first kappa shape index (κ1) is 41.0. The minimum Gasteiger partial charge on any atom is -0.462 e. The van der Waals surface area contributed by atoms with E-state index in [4.69, 9.17) is 9.47 Å². The standard InChI is InChI=1S/C47H68O7/c1-5-6-8-17-35-21-22-37(29-35)45(4)27-25-40(49)47(39(48)23-20-33(2)14-13-18-34-15-9-7-10-16-34)43(45)38-31-44(3,26-12-11-19-41(50)54-38)46(47,52)28-24-36-30-42(51)53-32-36/h7,9-10,15-16,30,33,35,37-40,43,48-49,52H,5-6,8,11,13-14,17-25,27-29,31-32H2,1-4H3. The van der Waals surface area contributed by atoms with Crippen molar-refractivity contribution >= 4 is 11.9 Å². The van der Waals surface area contributed by atoms with Crippen LogP contribution in [0.1, 0.15) is 149 Å². The maximum absolute atomic E-state index is 13.9. The fourth-order valence-electron chi connectivity index (χ4n) is 12.2. The lowest BCUT2D eigenvalue weighted by Crippen LogP contribution is -2.79. The van der Waals surface area contributed by atoms with E-state index in [2.05, 4.69) is 56.9 Å². The predicted molar refractivity (Wildman–Crippen MR) is 211 cm³/mol. The van der Waals surface area contributed by atoms with E-state index in [9.17, 15) is 24.9 Å². The fraction of sp³-hybridized carbons (Fsp3) is 0.745. The molecule has 298 valence electrons. The molecule has 7 heteroatoms. The second-order valence-corrected chi connectivity index (χ2v) is 18.6. The normalized spacial score (nSPS) is 37.4. The van der Waals surface area contributed by atoms with Crippen molar-refractivity contribution in [3.63, 3.8) is 0 Å². The number of aliphatic hydroxyl groups is 3. The molecule has 6 rings (SSSR count). The van der Waals surface area contributed by atoms with Crippen LogP contribution in [0.3, 0.4) is 0 Å². The Labute approximate surface area is 325 Å². The molecule has 1 aromatic rings. The molecule has 3 aliphatic carbocycles. The summed E-state index contributed by atoms with van der Waals surface area (Å²) in [7, 11) is 0. The van der Waals surface area contributed by atoms with Gasteiger partial charge in [0.2, 0.25) is 0 Å². The van der Waals surface area contributed by atoms with Crippen LogP contribution in [0, 0.1) is 51.8 Å². The van der Waals surface area contributed by atoms with Gasteiger partial charge in [-0.1, -0.05) is 95.5 Å². The van der Waals surface area contributed by atoms with E-state index >= 15 is 0 Å². The highest BCUT2D eigenvalue weighted by molar-refractivity contribution is 5.85. The maximum Gasteiger partial charge on any atom is 0.331 e. The van der Waals surface area contributed by atoms with Gasteiger partial charge >= 0.3 is 11.9 Å². The molecule has 1 aromatic carbocycles. The van der Waals surface area contributed by atoms with Gasteiger partial charge in [0.1, 0.15) is 12.7 Å². The quantitative estimate of drug-likeness (QED) is 0.0883. The molecule has 0 radical (unpaired) electrons. The zero-order chi connectivity index (χ0) is 38.6. The number of fused-ring (bicyclic) bond motifs is 4. The molecule has 2 heterocycles. The number of unbranched alkanes of at least 4 members (excludes halogenated alkanes) is 2. The molecule has 2 aliphatic heterocycles. The molecular formula is C47H68O7. The van der Waals surface area contributed by atoms with Gasteiger partial charge in [-0.25, -0.2) is 4.79 Å². The molecule has 54 heavy (non-hydrogen) atoms. The summed E-state index contributed by atoms with van der Waals surface area (Å²) in [5.74, 6) is 6.83. The monoisotopic (exact) mass is 744 g/mol.